The molecule has 2 aromatic heterocycles. The molecule has 3 heterocycles. The van der Waals surface area contributed by atoms with E-state index >= 15 is 0 Å². The Kier molecular flexibility index (Phi) is 5.51. The predicted octanol–water partition coefficient (Wildman–Crippen LogP) is 5.01. The molecule has 0 N–H and O–H groups in total. The van der Waals surface area contributed by atoms with Gasteiger partial charge >= 0.3 is 0 Å². The number of anilines is 1. The molecule has 1 aromatic carbocycles. The predicted molar refractivity (Wildman–Crippen MR) is 108 cm³/mol. The van der Waals surface area contributed by atoms with E-state index in [2.05, 4.69) is 4.90 Å². The van der Waals surface area contributed by atoms with Crippen LogP contribution >= 0.6 is 0 Å². The van der Waals surface area contributed by atoms with E-state index in [1.807, 2.05) is 55.5 Å². The number of hydrogen-bond acceptors (Lipinski definition) is 4. The number of nitrogens with zero attached hydrogens (tertiary/aromatic N) is 2. The number of carbonyl (C=O) groups is 1. The van der Waals surface area contributed by atoms with Crippen molar-refractivity contribution in [2.24, 2.45) is 0 Å². The van der Waals surface area contributed by atoms with Crippen LogP contribution in [0.3, 0.4) is 0 Å². The third-order valence-corrected chi connectivity index (χ3v) is 5.17. The second-order valence-corrected chi connectivity index (χ2v) is 7.39. The van der Waals surface area contributed by atoms with Gasteiger partial charge in [0.25, 0.3) is 5.91 Å². The van der Waals surface area contributed by atoms with Crippen LogP contribution in [0.25, 0.3) is 0 Å². The van der Waals surface area contributed by atoms with Gasteiger partial charge in [-0.15, -0.1) is 0 Å². The van der Waals surface area contributed by atoms with Gasteiger partial charge in [0.05, 0.1) is 19.4 Å². The quantitative estimate of drug-likeness (QED) is 0.605. The van der Waals surface area contributed by atoms with Crippen LogP contribution in [0.4, 0.5) is 5.88 Å². The number of hydrogen-bond donors (Lipinski definition) is 0. The molecular weight excluding hydrogens is 352 g/mol. The second kappa shape index (κ2) is 8.38. The molecule has 0 unspecified atom stereocenters. The van der Waals surface area contributed by atoms with Crippen molar-refractivity contribution >= 4 is 11.8 Å². The standard InChI is InChI=1S/C23H26N2O3/c1-18-7-9-19(10-8-18)23(26)25(16-20-6-5-15-27-20)17-21-11-12-22(28-21)24-13-3-2-4-14-24/h5-12,15H,2-4,13-14,16-17H2,1H3. The van der Waals surface area contributed by atoms with Crippen LogP contribution in [-0.2, 0) is 13.1 Å². The van der Waals surface area contributed by atoms with E-state index in [0.29, 0.717) is 18.7 Å². The molecule has 3 aromatic rings. The summed E-state index contributed by atoms with van der Waals surface area (Å²) in [6, 6.07) is 15.4. The molecule has 146 valence electrons. The smallest absolute Gasteiger partial charge is 0.254 e. The zero-order chi connectivity index (χ0) is 19.3. The Morgan fingerprint density at radius 1 is 0.964 bits per heavy atom. The molecule has 1 aliphatic heterocycles. The van der Waals surface area contributed by atoms with Crippen molar-refractivity contribution in [3.63, 3.8) is 0 Å². The van der Waals surface area contributed by atoms with Crippen LogP contribution < -0.4 is 4.90 Å². The molecule has 0 radical (unpaired) electrons. The number of furan rings is 2. The number of amides is 1. The summed E-state index contributed by atoms with van der Waals surface area (Å²) in [5, 5.41) is 0. The average Bonchev–Trinajstić information content (AvgIpc) is 3.40. The first-order valence-electron chi connectivity index (χ1n) is 9.91. The highest BCUT2D eigenvalue weighted by molar-refractivity contribution is 5.94. The molecule has 0 atom stereocenters. The first-order valence-corrected chi connectivity index (χ1v) is 9.91. The normalized spacial score (nSPS) is 14.2. The van der Waals surface area contributed by atoms with Crippen LogP contribution in [0.5, 0.6) is 0 Å². The lowest BCUT2D eigenvalue weighted by Gasteiger charge is -2.26. The molecule has 1 amide bonds. The summed E-state index contributed by atoms with van der Waals surface area (Å²) >= 11 is 0. The van der Waals surface area contributed by atoms with Crippen molar-refractivity contribution in [1.29, 1.82) is 0 Å². The minimum atomic E-state index is -0.0349. The Balaban J connectivity index is 1.52. The van der Waals surface area contributed by atoms with Gasteiger partial charge in [-0.25, -0.2) is 0 Å². The van der Waals surface area contributed by atoms with Crippen LogP contribution in [0.1, 0.15) is 46.7 Å². The van der Waals surface area contributed by atoms with Crippen LogP contribution in [0.15, 0.2) is 63.6 Å². The van der Waals surface area contributed by atoms with Crippen LogP contribution in [0, 0.1) is 6.92 Å². The fraction of sp³-hybridized carbons (Fsp3) is 0.348. The summed E-state index contributed by atoms with van der Waals surface area (Å²) < 4.78 is 11.6. The molecule has 1 aliphatic rings. The summed E-state index contributed by atoms with van der Waals surface area (Å²) in [6.45, 7) is 4.89. The Labute approximate surface area is 165 Å². The molecule has 0 bridgehead atoms. The van der Waals surface area contributed by atoms with Gasteiger partial charge in [0.1, 0.15) is 11.5 Å². The van der Waals surface area contributed by atoms with E-state index in [1.54, 1.807) is 11.2 Å². The number of aryl methyl sites for hydroxylation is 1. The highest BCUT2D eigenvalue weighted by Gasteiger charge is 2.21. The van der Waals surface area contributed by atoms with Crippen LogP contribution in [0.2, 0.25) is 0 Å². The second-order valence-electron chi connectivity index (χ2n) is 7.39. The van der Waals surface area contributed by atoms with E-state index in [9.17, 15) is 4.79 Å². The Morgan fingerprint density at radius 3 is 2.43 bits per heavy atom. The first-order chi connectivity index (χ1) is 13.7. The first kappa shape index (κ1) is 18.4. The van der Waals surface area contributed by atoms with Crippen LogP contribution in [-0.4, -0.2) is 23.9 Å². The summed E-state index contributed by atoms with van der Waals surface area (Å²) in [5.74, 6) is 2.40. The summed E-state index contributed by atoms with van der Waals surface area (Å²) in [5.41, 5.74) is 1.80. The van der Waals surface area contributed by atoms with E-state index in [-0.39, 0.29) is 5.91 Å². The monoisotopic (exact) mass is 378 g/mol. The van der Waals surface area contributed by atoms with Gasteiger partial charge in [0.2, 0.25) is 0 Å². The fourth-order valence-corrected chi connectivity index (χ4v) is 3.59. The SMILES string of the molecule is Cc1ccc(C(=O)N(Cc2ccco2)Cc2ccc(N3CCCCC3)o2)cc1. The highest BCUT2D eigenvalue weighted by atomic mass is 16.4. The topological polar surface area (TPSA) is 49.8 Å². The molecular formula is C23H26N2O3. The molecule has 5 heteroatoms. The van der Waals surface area contributed by atoms with Crippen molar-refractivity contribution in [1.82, 2.24) is 4.90 Å². The van der Waals surface area contributed by atoms with Gasteiger partial charge in [0.15, 0.2) is 5.88 Å². The summed E-state index contributed by atoms with van der Waals surface area (Å²) in [4.78, 5) is 17.2. The lowest BCUT2D eigenvalue weighted by molar-refractivity contribution is 0.0705. The van der Waals surface area contributed by atoms with Crippen molar-refractivity contribution in [3.8, 4) is 0 Å². The zero-order valence-corrected chi connectivity index (χ0v) is 16.3. The minimum absolute atomic E-state index is 0.0349. The van der Waals surface area contributed by atoms with Crippen molar-refractivity contribution in [2.45, 2.75) is 39.3 Å². The molecule has 28 heavy (non-hydrogen) atoms. The van der Waals surface area contributed by atoms with Crippen molar-refractivity contribution in [2.75, 3.05) is 18.0 Å². The molecule has 1 fully saturated rings. The van der Waals surface area contributed by atoms with E-state index in [1.165, 1.54) is 19.3 Å². The molecule has 5 nitrogen and oxygen atoms in total. The number of rotatable bonds is 6. The Morgan fingerprint density at radius 2 is 1.71 bits per heavy atom. The molecule has 4 rings (SSSR count). The Hall–Kier alpha value is -2.95. The summed E-state index contributed by atoms with van der Waals surface area (Å²) in [6.07, 6.45) is 5.32. The third-order valence-electron chi connectivity index (χ3n) is 5.17. The average molecular weight is 378 g/mol. The van der Waals surface area contributed by atoms with E-state index in [0.717, 1.165) is 36.1 Å². The molecule has 0 spiro atoms. The highest BCUT2D eigenvalue weighted by Crippen LogP contribution is 2.24. The van der Waals surface area contributed by atoms with Crippen molar-refractivity contribution in [3.05, 3.63) is 77.4 Å². The maximum absolute atomic E-state index is 13.1. The number of carbonyl (C=O) groups excluding carboxylic acids is 1. The number of benzene rings is 1. The van der Waals surface area contributed by atoms with Gasteiger partial charge in [0, 0.05) is 24.7 Å². The van der Waals surface area contributed by atoms with Gasteiger partial charge in [-0.1, -0.05) is 17.7 Å². The Bertz CT molecular complexity index is 890. The third kappa shape index (κ3) is 4.30. The van der Waals surface area contributed by atoms with Gasteiger partial charge in [-0.3, -0.25) is 4.79 Å². The maximum atomic E-state index is 13.1. The fourth-order valence-electron chi connectivity index (χ4n) is 3.59. The summed E-state index contributed by atoms with van der Waals surface area (Å²) in [7, 11) is 0. The maximum Gasteiger partial charge on any atom is 0.254 e. The minimum Gasteiger partial charge on any atom is -0.467 e. The largest absolute Gasteiger partial charge is 0.467 e. The molecule has 1 saturated heterocycles. The van der Waals surface area contributed by atoms with Gasteiger partial charge in [-0.05, 0) is 56.5 Å². The van der Waals surface area contributed by atoms with Crippen molar-refractivity contribution < 1.29 is 13.6 Å². The molecule has 0 aliphatic carbocycles. The lowest BCUT2D eigenvalue weighted by atomic mass is 10.1. The van der Waals surface area contributed by atoms with E-state index < -0.39 is 0 Å². The van der Waals surface area contributed by atoms with E-state index in [4.69, 9.17) is 8.83 Å². The lowest BCUT2D eigenvalue weighted by Crippen LogP contribution is -2.30. The number of piperidine rings is 1. The zero-order valence-electron chi connectivity index (χ0n) is 16.3. The molecule has 0 saturated carbocycles. The van der Waals surface area contributed by atoms with Gasteiger partial charge < -0.3 is 18.6 Å². The van der Waals surface area contributed by atoms with Gasteiger partial charge in [-0.2, -0.15) is 0 Å².